The molecule has 1 saturated heterocycles. The highest BCUT2D eigenvalue weighted by Gasteiger charge is 2.43. The van der Waals surface area contributed by atoms with Gasteiger partial charge in [-0.3, -0.25) is 4.79 Å². The second-order valence-electron chi connectivity index (χ2n) is 5.45. The number of amides is 1. The van der Waals surface area contributed by atoms with Crippen molar-refractivity contribution in [1.82, 2.24) is 5.32 Å². The van der Waals surface area contributed by atoms with Gasteiger partial charge in [-0.2, -0.15) is 0 Å². The number of hydrogen-bond donors (Lipinski definition) is 2. The van der Waals surface area contributed by atoms with Gasteiger partial charge in [-0.1, -0.05) is 36.7 Å². The normalized spacial score (nSPS) is 18.5. The highest BCUT2D eigenvalue weighted by Crippen LogP contribution is 2.39. The maximum atomic E-state index is 12.9. The number of rotatable bonds is 5. The zero-order valence-electron chi connectivity index (χ0n) is 12.5. The highest BCUT2D eigenvalue weighted by molar-refractivity contribution is 6.31. The molecule has 0 saturated carbocycles. The SMILES string of the molecule is CC[C@@H](NC(=O)C1(c2ccccc2Cl)CCOCC1)C(=O)O. The van der Waals surface area contributed by atoms with Crippen molar-refractivity contribution >= 4 is 23.5 Å². The minimum Gasteiger partial charge on any atom is -0.480 e. The van der Waals surface area contributed by atoms with E-state index in [4.69, 9.17) is 21.4 Å². The molecule has 1 aromatic rings. The van der Waals surface area contributed by atoms with Gasteiger partial charge in [0.2, 0.25) is 5.91 Å². The Morgan fingerprint density at radius 1 is 1.36 bits per heavy atom. The third-order valence-electron chi connectivity index (χ3n) is 4.18. The molecule has 0 radical (unpaired) electrons. The first-order valence-electron chi connectivity index (χ1n) is 7.38. The van der Waals surface area contributed by atoms with E-state index >= 15 is 0 Å². The third-order valence-corrected chi connectivity index (χ3v) is 4.51. The summed E-state index contributed by atoms with van der Waals surface area (Å²) in [7, 11) is 0. The van der Waals surface area contributed by atoms with Gasteiger partial charge in [0.05, 0.1) is 5.41 Å². The summed E-state index contributed by atoms with van der Waals surface area (Å²) in [4.78, 5) is 24.0. The topological polar surface area (TPSA) is 75.6 Å². The van der Waals surface area contributed by atoms with Gasteiger partial charge in [-0.05, 0) is 30.9 Å². The predicted octanol–water partition coefficient (Wildman–Crippen LogP) is 2.37. The van der Waals surface area contributed by atoms with Crippen LogP contribution in [0.25, 0.3) is 0 Å². The maximum absolute atomic E-state index is 12.9. The van der Waals surface area contributed by atoms with Crippen LogP contribution < -0.4 is 5.32 Å². The highest BCUT2D eigenvalue weighted by atomic mass is 35.5. The van der Waals surface area contributed by atoms with Crippen LogP contribution in [0.2, 0.25) is 5.02 Å². The second kappa shape index (κ2) is 7.11. The standard InChI is InChI=1S/C16H20ClNO4/c1-2-13(14(19)20)18-15(21)16(7-9-22-10-8-16)11-5-3-4-6-12(11)17/h3-6,13H,2,7-10H2,1H3,(H,18,21)(H,19,20)/t13-/m1/s1. The summed E-state index contributed by atoms with van der Waals surface area (Å²) in [6.45, 7) is 2.62. The minimum absolute atomic E-state index is 0.293. The van der Waals surface area contributed by atoms with Gasteiger partial charge in [-0.15, -0.1) is 0 Å². The van der Waals surface area contributed by atoms with E-state index in [1.165, 1.54) is 0 Å². The molecule has 0 unspecified atom stereocenters. The Balaban J connectivity index is 2.35. The summed E-state index contributed by atoms with van der Waals surface area (Å²) in [6, 6.07) is 6.32. The molecule has 5 nitrogen and oxygen atoms in total. The van der Waals surface area contributed by atoms with Crippen molar-refractivity contribution in [3.63, 3.8) is 0 Å². The van der Waals surface area contributed by atoms with Crippen LogP contribution >= 0.6 is 11.6 Å². The molecule has 0 bridgehead atoms. The quantitative estimate of drug-likeness (QED) is 0.871. The maximum Gasteiger partial charge on any atom is 0.326 e. The molecule has 0 aliphatic carbocycles. The number of carbonyl (C=O) groups excluding carboxylic acids is 1. The molecule has 1 heterocycles. The fourth-order valence-corrected chi connectivity index (χ4v) is 3.14. The van der Waals surface area contributed by atoms with Gasteiger partial charge < -0.3 is 15.2 Å². The lowest BCUT2D eigenvalue weighted by molar-refractivity contribution is -0.143. The number of carboxylic acid groups (broad SMARTS) is 1. The van der Waals surface area contributed by atoms with Crippen LogP contribution in [-0.4, -0.2) is 36.2 Å². The first-order chi connectivity index (χ1) is 10.5. The number of ether oxygens (including phenoxy) is 1. The van der Waals surface area contributed by atoms with Gasteiger partial charge in [0.25, 0.3) is 0 Å². The van der Waals surface area contributed by atoms with E-state index in [2.05, 4.69) is 5.32 Å². The van der Waals surface area contributed by atoms with Crippen molar-refractivity contribution in [2.24, 2.45) is 0 Å². The van der Waals surface area contributed by atoms with Crippen LogP contribution in [0.15, 0.2) is 24.3 Å². The number of carboxylic acids is 1. The molecule has 6 heteroatoms. The van der Waals surface area contributed by atoms with E-state index in [9.17, 15) is 9.59 Å². The molecule has 1 aliphatic heterocycles. The Bertz CT molecular complexity index is 555. The Hall–Kier alpha value is -1.59. The first-order valence-corrected chi connectivity index (χ1v) is 7.75. The van der Waals surface area contributed by atoms with E-state index < -0.39 is 17.4 Å². The lowest BCUT2D eigenvalue weighted by Gasteiger charge is -2.37. The minimum atomic E-state index is -1.03. The zero-order valence-corrected chi connectivity index (χ0v) is 13.2. The third kappa shape index (κ3) is 3.25. The van der Waals surface area contributed by atoms with E-state index in [1.807, 2.05) is 18.2 Å². The Kier molecular flexibility index (Phi) is 5.42. The molecule has 1 aliphatic rings. The van der Waals surface area contributed by atoms with Crippen molar-refractivity contribution in [3.05, 3.63) is 34.9 Å². The van der Waals surface area contributed by atoms with Crippen molar-refractivity contribution in [1.29, 1.82) is 0 Å². The lowest BCUT2D eigenvalue weighted by atomic mass is 9.73. The molecule has 1 aromatic carbocycles. The Morgan fingerprint density at radius 3 is 2.55 bits per heavy atom. The van der Waals surface area contributed by atoms with E-state index in [1.54, 1.807) is 13.0 Å². The molecule has 2 rings (SSSR count). The number of hydrogen-bond acceptors (Lipinski definition) is 3. The predicted molar refractivity (Wildman–Crippen MR) is 83.0 cm³/mol. The fraction of sp³-hybridized carbons (Fsp3) is 0.500. The van der Waals surface area contributed by atoms with Gasteiger partial charge in [0, 0.05) is 18.2 Å². The summed E-state index contributed by atoms with van der Waals surface area (Å²) in [5.74, 6) is -1.32. The molecule has 0 aromatic heterocycles. The van der Waals surface area contributed by atoms with Crippen LogP contribution in [0.3, 0.4) is 0 Å². The van der Waals surface area contributed by atoms with Gasteiger partial charge in [0.15, 0.2) is 0 Å². The summed E-state index contributed by atoms with van der Waals surface area (Å²) >= 11 is 6.29. The van der Waals surface area contributed by atoms with Gasteiger partial charge in [0.1, 0.15) is 6.04 Å². The average Bonchev–Trinajstić information content (AvgIpc) is 2.53. The van der Waals surface area contributed by atoms with Crippen molar-refractivity contribution in [3.8, 4) is 0 Å². The molecule has 1 fully saturated rings. The molecular weight excluding hydrogens is 306 g/mol. The fourth-order valence-electron chi connectivity index (χ4n) is 2.82. The largest absolute Gasteiger partial charge is 0.480 e. The van der Waals surface area contributed by atoms with Crippen LogP contribution in [0.5, 0.6) is 0 Å². The van der Waals surface area contributed by atoms with Gasteiger partial charge >= 0.3 is 5.97 Å². The second-order valence-corrected chi connectivity index (χ2v) is 5.85. The van der Waals surface area contributed by atoms with Crippen LogP contribution in [0.1, 0.15) is 31.7 Å². The summed E-state index contributed by atoms with van der Waals surface area (Å²) < 4.78 is 5.38. The number of benzene rings is 1. The van der Waals surface area contributed by atoms with E-state index in [0.717, 1.165) is 5.56 Å². The number of aliphatic carboxylic acids is 1. The van der Waals surface area contributed by atoms with Crippen molar-refractivity contribution in [2.75, 3.05) is 13.2 Å². The summed E-state index contributed by atoms with van der Waals surface area (Å²) in [5, 5.41) is 12.3. The summed E-state index contributed by atoms with van der Waals surface area (Å²) in [6.07, 6.45) is 1.30. The van der Waals surface area contributed by atoms with E-state index in [0.29, 0.717) is 37.5 Å². The average molecular weight is 326 g/mol. The van der Waals surface area contributed by atoms with Crippen molar-refractivity contribution in [2.45, 2.75) is 37.6 Å². The molecule has 1 amide bonds. The Morgan fingerprint density at radius 2 is 2.00 bits per heavy atom. The number of carbonyl (C=O) groups is 2. The van der Waals surface area contributed by atoms with Crippen molar-refractivity contribution < 1.29 is 19.4 Å². The monoisotopic (exact) mass is 325 g/mol. The van der Waals surface area contributed by atoms with Crippen LogP contribution in [0, 0.1) is 0 Å². The van der Waals surface area contributed by atoms with Crippen LogP contribution in [-0.2, 0) is 19.7 Å². The number of nitrogens with one attached hydrogen (secondary N) is 1. The molecule has 2 N–H and O–H groups in total. The Labute approximate surface area is 134 Å². The summed E-state index contributed by atoms with van der Waals surface area (Å²) in [5.41, 5.74) is -0.0999. The van der Waals surface area contributed by atoms with Crippen LogP contribution in [0.4, 0.5) is 0 Å². The molecular formula is C16H20ClNO4. The molecule has 1 atom stereocenters. The molecule has 0 spiro atoms. The van der Waals surface area contributed by atoms with E-state index in [-0.39, 0.29) is 5.91 Å². The first kappa shape index (κ1) is 16.8. The van der Waals surface area contributed by atoms with Gasteiger partial charge in [-0.25, -0.2) is 4.79 Å². The smallest absolute Gasteiger partial charge is 0.326 e. The lowest BCUT2D eigenvalue weighted by Crippen LogP contribution is -2.52. The molecule has 120 valence electrons. The number of halogens is 1. The molecule has 22 heavy (non-hydrogen) atoms. The zero-order chi connectivity index (χ0) is 16.2.